The molecule has 3 atom stereocenters. The highest BCUT2D eigenvalue weighted by atomic mass is 32.2. The van der Waals surface area contributed by atoms with Crippen LogP contribution in [-0.4, -0.2) is 60.2 Å². The summed E-state index contributed by atoms with van der Waals surface area (Å²) in [5, 5.41) is 21.5. The van der Waals surface area contributed by atoms with Crippen LogP contribution in [0.25, 0.3) is 0 Å². The van der Waals surface area contributed by atoms with E-state index in [1.54, 1.807) is 0 Å². The number of aliphatic hydroxyl groups excluding tert-OH is 1. The molecule has 3 unspecified atom stereocenters. The van der Waals surface area contributed by atoms with Gasteiger partial charge in [-0.25, -0.2) is 0 Å². The molecule has 0 aliphatic heterocycles. The Hall–Kier alpha value is -0.565. The van der Waals surface area contributed by atoms with Crippen molar-refractivity contribution >= 4 is 30.6 Å². The van der Waals surface area contributed by atoms with E-state index in [2.05, 4.69) is 9.96 Å². The first-order valence-electron chi connectivity index (χ1n) is 6.05. The van der Waals surface area contributed by atoms with Gasteiger partial charge < -0.3 is 20.1 Å². The van der Waals surface area contributed by atoms with Crippen molar-refractivity contribution in [2.45, 2.75) is 32.3 Å². The summed E-state index contributed by atoms with van der Waals surface area (Å²) in [6, 6.07) is -0.555. The van der Waals surface area contributed by atoms with Gasteiger partial charge >= 0.3 is 13.0 Å². The van der Waals surface area contributed by atoms with Gasteiger partial charge in [0, 0.05) is 12.2 Å². The molecule has 0 aromatic carbocycles. The number of rotatable bonds is 9. The number of ketones is 1. The molecule has 0 heterocycles. The molecule has 0 bridgehead atoms. The summed E-state index contributed by atoms with van der Waals surface area (Å²) in [5.41, 5.74) is 0. The van der Waals surface area contributed by atoms with Gasteiger partial charge in [-0.2, -0.15) is 11.8 Å². The van der Waals surface area contributed by atoms with Crippen molar-refractivity contribution < 1.29 is 24.5 Å². The summed E-state index contributed by atoms with van der Waals surface area (Å²) in [4.78, 5) is 23.6. The summed E-state index contributed by atoms with van der Waals surface area (Å²) in [7, 11) is 0.402. The monoisotopic (exact) mass is 291 g/mol. The summed E-state index contributed by atoms with van der Waals surface area (Å²) in [6.07, 6.45) is 0.768. The third-order valence-corrected chi connectivity index (χ3v) is 3.34. The fourth-order valence-corrected chi connectivity index (χ4v) is 2.27. The minimum Gasteiger partial charge on any atom is -0.469 e. The Bertz CT molecular complexity index is 301. The van der Waals surface area contributed by atoms with E-state index in [1.807, 2.05) is 6.26 Å². The molecule has 8 heteroatoms. The van der Waals surface area contributed by atoms with E-state index in [1.165, 1.54) is 32.6 Å². The SMILES string of the molecule is COC(=O)C(CC(=O)C(CSC)NB(C)O)C(C)O. The standard InChI is InChI=1S/C11H22BNO5S/c1-7(14)8(11(16)18-3)5-10(15)9(6-19-4)13-12(2)17/h7-9,13-14,17H,5-6H2,1-4H3. The normalized spacial score (nSPS) is 15.5. The zero-order valence-corrected chi connectivity index (χ0v) is 12.6. The molecule has 0 spiro atoms. The molecule has 0 saturated carbocycles. The van der Waals surface area contributed by atoms with E-state index >= 15 is 0 Å². The number of Topliss-reactive ketones (excluding diaryl/α,β-unsaturated/α-hetero) is 1. The predicted octanol–water partition coefficient (Wildman–Crippen LogP) is -0.453. The van der Waals surface area contributed by atoms with Crippen molar-refractivity contribution in [1.29, 1.82) is 0 Å². The molecule has 110 valence electrons. The maximum Gasteiger partial charge on any atom is 0.374 e. The molecule has 6 nitrogen and oxygen atoms in total. The number of hydrogen-bond acceptors (Lipinski definition) is 7. The van der Waals surface area contributed by atoms with Crippen LogP contribution in [0.15, 0.2) is 0 Å². The first kappa shape index (κ1) is 18.4. The lowest BCUT2D eigenvalue weighted by Crippen LogP contribution is -2.47. The van der Waals surface area contributed by atoms with Crippen LogP contribution in [0, 0.1) is 5.92 Å². The van der Waals surface area contributed by atoms with Gasteiger partial charge in [-0.05, 0) is 20.0 Å². The van der Waals surface area contributed by atoms with Crippen molar-refractivity contribution in [3.05, 3.63) is 0 Å². The third kappa shape index (κ3) is 6.96. The number of carbonyl (C=O) groups is 2. The van der Waals surface area contributed by atoms with E-state index < -0.39 is 31.1 Å². The van der Waals surface area contributed by atoms with Crippen LogP contribution in [0.5, 0.6) is 0 Å². The number of nitrogens with one attached hydrogen (secondary N) is 1. The van der Waals surface area contributed by atoms with Gasteiger partial charge in [0.2, 0.25) is 0 Å². The Morgan fingerprint density at radius 1 is 1.47 bits per heavy atom. The fraction of sp³-hybridized carbons (Fsp3) is 0.818. The molecule has 0 amide bonds. The number of methoxy groups -OCH3 is 1. The molecule has 0 radical (unpaired) electrons. The zero-order valence-electron chi connectivity index (χ0n) is 11.8. The molecule has 19 heavy (non-hydrogen) atoms. The molecular weight excluding hydrogens is 269 g/mol. The van der Waals surface area contributed by atoms with Crippen LogP contribution in [0.3, 0.4) is 0 Å². The summed E-state index contributed by atoms with van der Waals surface area (Å²) < 4.78 is 4.57. The number of hydrogen-bond donors (Lipinski definition) is 3. The van der Waals surface area contributed by atoms with Crippen LogP contribution in [0.1, 0.15) is 13.3 Å². The highest BCUT2D eigenvalue weighted by Gasteiger charge is 2.30. The number of ether oxygens (including phenoxy) is 1. The van der Waals surface area contributed by atoms with Gasteiger partial charge in [0.25, 0.3) is 0 Å². The summed E-state index contributed by atoms with van der Waals surface area (Å²) >= 11 is 1.46. The van der Waals surface area contributed by atoms with Crippen molar-refractivity contribution in [1.82, 2.24) is 5.23 Å². The smallest absolute Gasteiger partial charge is 0.374 e. The van der Waals surface area contributed by atoms with Crippen LogP contribution in [0.2, 0.25) is 6.82 Å². The number of thioether (sulfide) groups is 1. The first-order chi connectivity index (χ1) is 8.83. The average Bonchev–Trinajstić information content (AvgIpc) is 2.33. The van der Waals surface area contributed by atoms with Gasteiger partial charge in [0.05, 0.1) is 25.2 Å². The molecule has 0 aromatic rings. The van der Waals surface area contributed by atoms with Gasteiger partial charge in [0.15, 0.2) is 5.78 Å². The van der Waals surface area contributed by atoms with E-state index in [-0.39, 0.29) is 12.2 Å². The largest absolute Gasteiger partial charge is 0.469 e. The predicted molar refractivity (Wildman–Crippen MR) is 76.0 cm³/mol. The maximum atomic E-state index is 12.1. The molecule has 0 saturated heterocycles. The van der Waals surface area contributed by atoms with E-state index in [0.717, 1.165) is 0 Å². The van der Waals surface area contributed by atoms with Crippen molar-refractivity contribution in [3.8, 4) is 0 Å². The highest BCUT2D eigenvalue weighted by molar-refractivity contribution is 7.98. The molecule has 0 aliphatic carbocycles. The van der Waals surface area contributed by atoms with Crippen molar-refractivity contribution in [2.75, 3.05) is 19.1 Å². The van der Waals surface area contributed by atoms with E-state index in [4.69, 9.17) is 0 Å². The molecule has 0 fully saturated rings. The lowest BCUT2D eigenvalue weighted by atomic mass is 9.85. The van der Waals surface area contributed by atoms with E-state index in [9.17, 15) is 19.7 Å². The lowest BCUT2D eigenvalue weighted by Gasteiger charge is -2.21. The molecule has 0 aromatic heterocycles. The zero-order chi connectivity index (χ0) is 15.0. The fourth-order valence-electron chi connectivity index (χ4n) is 1.65. The van der Waals surface area contributed by atoms with Gasteiger partial charge in [-0.15, -0.1) is 0 Å². The number of carbonyl (C=O) groups excluding carboxylic acids is 2. The molecule has 0 rings (SSSR count). The number of aliphatic hydroxyl groups is 1. The molecular formula is C11H22BNO5S. The summed E-state index contributed by atoms with van der Waals surface area (Å²) in [6.45, 7) is 2.97. The number of esters is 1. The van der Waals surface area contributed by atoms with Gasteiger partial charge in [-0.1, -0.05) is 0 Å². The van der Waals surface area contributed by atoms with Crippen LogP contribution >= 0.6 is 11.8 Å². The maximum absolute atomic E-state index is 12.1. The first-order valence-corrected chi connectivity index (χ1v) is 7.44. The summed E-state index contributed by atoms with van der Waals surface area (Å²) in [5.74, 6) is -1.23. The minimum absolute atomic E-state index is 0.116. The van der Waals surface area contributed by atoms with Crippen molar-refractivity contribution in [3.63, 3.8) is 0 Å². The van der Waals surface area contributed by atoms with Crippen molar-refractivity contribution in [2.24, 2.45) is 5.92 Å². The average molecular weight is 291 g/mol. The Morgan fingerprint density at radius 3 is 2.42 bits per heavy atom. The third-order valence-electron chi connectivity index (χ3n) is 2.67. The second-order valence-corrected chi connectivity index (χ2v) is 5.30. The van der Waals surface area contributed by atoms with E-state index in [0.29, 0.717) is 5.75 Å². The topological polar surface area (TPSA) is 95.9 Å². The minimum atomic E-state index is -0.960. The van der Waals surface area contributed by atoms with Crippen LogP contribution < -0.4 is 5.23 Å². The Kier molecular flexibility index (Phi) is 9.08. The molecule has 0 aliphatic rings. The second-order valence-electron chi connectivity index (χ2n) is 4.39. The van der Waals surface area contributed by atoms with Gasteiger partial charge in [0.1, 0.15) is 0 Å². The Labute approximate surface area is 118 Å². The Morgan fingerprint density at radius 2 is 2.05 bits per heavy atom. The van der Waals surface area contributed by atoms with Crippen LogP contribution in [-0.2, 0) is 14.3 Å². The highest BCUT2D eigenvalue weighted by Crippen LogP contribution is 2.14. The molecule has 3 N–H and O–H groups in total. The Balaban J connectivity index is 4.70. The quantitative estimate of drug-likeness (QED) is 0.391. The van der Waals surface area contributed by atoms with Crippen LogP contribution in [0.4, 0.5) is 0 Å². The van der Waals surface area contributed by atoms with Gasteiger partial charge in [-0.3, -0.25) is 9.59 Å². The lowest BCUT2D eigenvalue weighted by molar-refractivity contribution is -0.151. The second kappa shape index (κ2) is 9.36.